The predicted octanol–water partition coefficient (Wildman–Crippen LogP) is 2.58. The van der Waals surface area contributed by atoms with E-state index in [0.29, 0.717) is 17.4 Å². The highest BCUT2D eigenvalue weighted by Crippen LogP contribution is 2.22. The van der Waals surface area contributed by atoms with Crippen LogP contribution >= 0.6 is 0 Å². The second-order valence-corrected chi connectivity index (χ2v) is 9.14. The number of carbonyl (C=O) groups excluding carboxylic acids is 3. The number of benzene rings is 3. The number of para-hydroxylation sites is 1. The lowest BCUT2D eigenvalue weighted by atomic mass is 10.0. The van der Waals surface area contributed by atoms with Gasteiger partial charge in [0.25, 0.3) is 0 Å². The number of hydrogen-bond donors (Lipinski definition) is 3. The van der Waals surface area contributed by atoms with E-state index >= 15 is 0 Å². The Morgan fingerprint density at radius 1 is 0.921 bits per heavy atom. The van der Waals surface area contributed by atoms with Gasteiger partial charge in [0, 0.05) is 23.9 Å². The van der Waals surface area contributed by atoms with Crippen LogP contribution in [0.15, 0.2) is 78.9 Å². The van der Waals surface area contributed by atoms with Crippen LogP contribution < -0.4 is 15.8 Å². The molecule has 38 heavy (non-hydrogen) atoms. The average Bonchev–Trinajstić information content (AvgIpc) is 2.87. The Kier molecular flexibility index (Phi) is 11.1. The van der Waals surface area contributed by atoms with Crippen LogP contribution in [0.3, 0.4) is 0 Å². The number of amidine groups is 1. The molecule has 0 bridgehead atoms. The molecular formula is C26H26N3O8S-. The molecule has 0 aliphatic heterocycles. The summed E-state index contributed by atoms with van der Waals surface area (Å²) in [5, 5.41) is 9.84. The highest BCUT2D eigenvalue weighted by atomic mass is 32.2. The van der Waals surface area contributed by atoms with Crippen LogP contribution in [0.4, 0.5) is 4.79 Å². The number of rotatable bonds is 9. The van der Waals surface area contributed by atoms with Crippen LogP contribution in [0.2, 0.25) is 0 Å². The minimum absolute atomic E-state index is 0.00966. The zero-order valence-electron chi connectivity index (χ0n) is 20.4. The lowest BCUT2D eigenvalue weighted by Gasteiger charge is -2.10. The minimum atomic E-state index is -3.92. The number of esters is 1. The molecule has 3 aromatic carbocycles. The van der Waals surface area contributed by atoms with Crippen molar-refractivity contribution >= 4 is 33.8 Å². The fourth-order valence-corrected chi connectivity index (χ4v) is 2.91. The molecule has 0 saturated carbocycles. The third-order valence-corrected chi connectivity index (χ3v) is 4.62. The van der Waals surface area contributed by atoms with E-state index in [9.17, 15) is 14.4 Å². The van der Waals surface area contributed by atoms with Crippen LogP contribution in [0.1, 0.15) is 33.5 Å². The van der Waals surface area contributed by atoms with Gasteiger partial charge in [-0.1, -0.05) is 66.7 Å². The van der Waals surface area contributed by atoms with Crippen LogP contribution in [-0.4, -0.2) is 49.5 Å². The van der Waals surface area contributed by atoms with Crippen molar-refractivity contribution in [3.63, 3.8) is 0 Å². The van der Waals surface area contributed by atoms with Crippen molar-refractivity contribution in [2.75, 3.05) is 12.8 Å². The first-order valence-electron chi connectivity index (χ1n) is 11.1. The van der Waals surface area contributed by atoms with Gasteiger partial charge in [0.05, 0.1) is 22.1 Å². The lowest BCUT2D eigenvalue weighted by molar-refractivity contribution is -0.134. The summed E-state index contributed by atoms with van der Waals surface area (Å²) in [4.78, 5) is 36.8. The first-order chi connectivity index (χ1) is 17.9. The third kappa shape index (κ3) is 11.0. The van der Waals surface area contributed by atoms with Gasteiger partial charge in [0.1, 0.15) is 18.2 Å². The highest BCUT2D eigenvalue weighted by molar-refractivity contribution is 7.84. The Bertz CT molecular complexity index is 1370. The summed E-state index contributed by atoms with van der Waals surface area (Å²) in [6, 6.07) is 21.9. The van der Waals surface area contributed by atoms with Crippen molar-refractivity contribution < 1.29 is 36.8 Å². The van der Waals surface area contributed by atoms with Gasteiger partial charge >= 0.3 is 12.1 Å². The Labute approximate surface area is 219 Å². The lowest BCUT2D eigenvalue weighted by Crippen LogP contribution is -2.27. The van der Waals surface area contributed by atoms with E-state index in [1.807, 2.05) is 6.07 Å². The fraction of sp³-hybridized carbons (Fsp3) is 0.154. The summed E-state index contributed by atoms with van der Waals surface area (Å²) in [5.41, 5.74) is 7.47. The molecule has 0 aliphatic carbocycles. The number of nitrogen functional groups attached to an aromatic ring is 1. The van der Waals surface area contributed by atoms with E-state index in [4.69, 9.17) is 33.6 Å². The summed E-state index contributed by atoms with van der Waals surface area (Å²) in [5.74, 6) is -0.729. The molecule has 0 radical (unpaired) electrons. The number of hydrogen-bond acceptors (Lipinski definition) is 9. The number of ether oxygens (including phenoxy) is 2. The molecule has 1 amide bonds. The van der Waals surface area contributed by atoms with Gasteiger partial charge in [0.15, 0.2) is 5.78 Å². The third-order valence-electron chi connectivity index (χ3n) is 4.62. The van der Waals surface area contributed by atoms with Crippen molar-refractivity contribution in [2.45, 2.75) is 13.0 Å². The molecule has 12 heteroatoms. The SMILES string of the molecule is CS(=O)(=O)[O-].N=C(N)c1ccc(COC(=O)NCCC(=O)Oc2ccccc2C(=O)c2ccccc2)cc1. The van der Waals surface area contributed by atoms with Crippen LogP contribution in [0, 0.1) is 5.41 Å². The average molecular weight is 541 g/mol. The highest BCUT2D eigenvalue weighted by Gasteiger charge is 2.16. The molecule has 0 heterocycles. The second-order valence-electron chi connectivity index (χ2n) is 7.73. The van der Waals surface area contributed by atoms with Crippen molar-refractivity contribution in [3.05, 3.63) is 101 Å². The Morgan fingerprint density at radius 3 is 2.11 bits per heavy atom. The van der Waals surface area contributed by atoms with Gasteiger partial charge in [-0.3, -0.25) is 15.0 Å². The molecule has 0 spiro atoms. The number of ketones is 1. The van der Waals surface area contributed by atoms with E-state index in [0.717, 1.165) is 5.56 Å². The molecule has 0 atom stereocenters. The quantitative estimate of drug-likeness (QED) is 0.0914. The van der Waals surface area contributed by atoms with Gasteiger partial charge in [0.2, 0.25) is 0 Å². The number of carbonyl (C=O) groups is 3. The maximum Gasteiger partial charge on any atom is 0.407 e. The summed E-state index contributed by atoms with van der Waals surface area (Å²) < 4.78 is 37.7. The topological polar surface area (TPSA) is 189 Å². The Balaban J connectivity index is 0.000000926. The van der Waals surface area contributed by atoms with Crippen LogP contribution in [-0.2, 0) is 26.3 Å². The molecule has 0 aliphatic rings. The zero-order valence-corrected chi connectivity index (χ0v) is 21.2. The van der Waals surface area contributed by atoms with Crippen molar-refractivity contribution in [3.8, 4) is 5.75 Å². The van der Waals surface area contributed by atoms with Crippen LogP contribution in [0.5, 0.6) is 5.75 Å². The van der Waals surface area contributed by atoms with Crippen LogP contribution in [0.25, 0.3) is 0 Å². The molecule has 200 valence electrons. The van der Waals surface area contributed by atoms with Gasteiger partial charge in [-0.25, -0.2) is 13.2 Å². The van der Waals surface area contributed by atoms with E-state index < -0.39 is 22.2 Å². The molecule has 11 nitrogen and oxygen atoms in total. The summed E-state index contributed by atoms with van der Waals surface area (Å²) in [6.07, 6.45) is -0.179. The van der Waals surface area contributed by atoms with Gasteiger partial charge in [-0.05, 0) is 17.7 Å². The zero-order chi connectivity index (χ0) is 28.1. The van der Waals surface area contributed by atoms with Crippen molar-refractivity contribution in [2.24, 2.45) is 5.73 Å². The van der Waals surface area contributed by atoms with Crippen molar-refractivity contribution in [1.82, 2.24) is 5.32 Å². The maximum atomic E-state index is 12.7. The van der Waals surface area contributed by atoms with E-state index in [1.54, 1.807) is 72.8 Å². The standard InChI is InChI=1S/C25H23N3O5.CH4O3S/c26-24(27)19-12-10-17(11-13-19)16-32-25(31)28-15-14-22(29)33-21-9-5-4-8-20(21)23(30)18-6-2-1-3-7-18;1-5(2,3)4/h1-13H,14-16H2,(H3,26,27)(H,28,31);1H3,(H,2,3,4)/p-1. The first-order valence-corrected chi connectivity index (χ1v) is 12.9. The number of nitrogens with two attached hydrogens (primary N) is 1. The first kappa shape index (κ1) is 29.7. The monoisotopic (exact) mass is 540 g/mol. The Hall–Kier alpha value is -4.55. The molecule has 0 fully saturated rings. The largest absolute Gasteiger partial charge is 0.748 e. The maximum absolute atomic E-state index is 12.7. The summed E-state index contributed by atoms with van der Waals surface area (Å²) in [7, 11) is -3.92. The summed E-state index contributed by atoms with van der Waals surface area (Å²) >= 11 is 0. The Morgan fingerprint density at radius 2 is 1.50 bits per heavy atom. The van der Waals surface area contributed by atoms with E-state index in [2.05, 4.69) is 5.32 Å². The number of alkyl carbamates (subject to hydrolysis) is 1. The minimum Gasteiger partial charge on any atom is -0.748 e. The predicted molar refractivity (Wildman–Crippen MR) is 138 cm³/mol. The normalized spacial score (nSPS) is 10.4. The fourth-order valence-electron chi connectivity index (χ4n) is 2.91. The van der Waals surface area contributed by atoms with Crippen molar-refractivity contribution in [1.29, 1.82) is 5.41 Å². The smallest absolute Gasteiger partial charge is 0.407 e. The second kappa shape index (κ2) is 14.3. The molecule has 4 N–H and O–H groups in total. The molecule has 3 rings (SSSR count). The van der Waals surface area contributed by atoms with Gasteiger partial charge < -0.3 is 25.1 Å². The van der Waals surface area contributed by atoms with Gasteiger partial charge in [-0.2, -0.15) is 0 Å². The number of nitrogens with one attached hydrogen (secondary N) is 2. The van der Waals surface area contributed by atoms with Gasteiger partial charge in [-0.15, -0.1) is 0 Å². The summed E-state index contributed by atoms with van der Waals surface area (Å²) in [6.45, 7) is 0.0409. The molecule has 0 saturated heterocycles. The van der Waals surface area contributed by atoms with E-state index in [-0.39, 0.29) is 42.5 Å². The molecular weight excluding hydrogens is 514 g/mol. The molecule has 3 aromatic rings. The number of amides is 1. The molecule has 0 aromatic heterocycles. The van der Waals surface area contributed by atoms with E-state index in [1.165, 1.54) is 0 Å². The molecule has 0 unspecified atom stereocenters.